The van der Waals surface area contributed by atoms with Gasteiger partial charge in [0, 0.05) is 67.8 Å². The molecule has 0 saturated carbocycles. The summed E-state index contributed by atoms with van der Waals surface area (Å²) in [7, 11) is 1.43. The minimum atomic E-state index is -2.07. The smallest absolute Gasteiger partial charge is 0.312 e. The van der Waals surface area contributed by atoms with E-state index in [0.29, 0.717) is 6.61 Å². The normalized spacial score (nSPS) is 29.8. The standard InChI is InChI=1S/C44H60N2O14/c1-11-12-17-56-19-20-58-45-21-29-34-39(52)32-31(38(29)51)33-41(27(7)37(32)50)60-44(9,42(33)53)57-18-16-30(55-10)24(4)40(59-28(8)47)26(6)36(49)25(5)35(48)22(2)14-13-15-23(3)43(54)46-34/h13-16,18,21-22,24-26,30,35-36,40,48-52H,11-12,17,19-20H2,1-10H3,(H,46,54)/b14-13+,18-16+,23-15+,45-21+/t22-,24+,25+,26+,30-,35-,36+,40+,44-/m0/s1. The van der Waals surface area contributed by atoms with Crippen molar-refractivity contribution in [3.8, 4) is 23.0 Å². The summed E-state index contributed by atoms with van der Waals surface area (Å²) in [5.41, 5.74) is -0.672. The number of amides is 1. The zero-order valence-electron chi connectivity index (χ0n) is 36.0. The summed E-state index contributed by atoms with van der Waals surface area (Å²) >= 11 is 0. The number of ether oxygens (including phenoxy) is 5. The van der Waals surface area contributed by atoms with E-state index in [1.165, 1.54) is 53.2 Å². The first-order valence-corrected chi connectivity index (χ1v) is 20.1. The molecule has 9 atom stereocenters. The van der Waals surface area contributed by atoms with E-state index in [9.17, 15) is 39.9 Å². The number of phenolic OH excluding ortho intramolecular Hbond substituents is 3. The first-order chi connectivity index (χ1) is 28.3. The number of aliphatic hydroxyl groups excluding tert-OH is 2. The summed E-state index contributed by atoms with van der Waals surface area (Å²) in [6, 6.07) is 0. The maximum atomic E-state index is 14.4. The average Bonchev–Trinajstić information content (AvgIpc) is 3.47. The van der Waals surface area contributed by atoms with Crippen LogP contribution in [-0.2, 0) is 33.4 Å². The van der Waals surface area contributed by atoms with E-state index in [4.69, 9.17) is 28.5 Å². The number of aliphatic hydroxyl groups is 2. The molecule has 16 nitrogen and oxygen atoms in total. The summed E-state index contributed by atoms with van der Waals surface area (Å²) in [6.45, 7) is 15.2. The number of nitrogens with one attached hydrogen (secondary N) is 1. The van der Waals surface area contributed by atoms with Crippen LogP contribution in [0.2, 0.25) is 0 Å². The highest BCUT2D eigenvalue weighted by molar-refractivity contribution is 6.23. The van der Waals surface area contributed by atoms with Gasteiger partial charge in [-0.05, 0) is 26.3 Å². The first-order valence-electron chi connectivity index (χ1n) is 20.1. The van der Waals surface area contributed by atoms with Crippen LogP contribution in [0.1, 0.15) is 89.7 Å². The summed E-state index contributed by atoms with van der Waals surface area (Å²) < 4.78 is 29.0. The molecule has 0 unspecified atom stereocenters. The average molecular weight is 841 g/mol. The van der Waals surface area contributed by atoms with Crippen molar-refractivity contribution in [1.29, 1.82) is 0 Å². The Morgan fingerprint density at radius 3 is 2.30 bits per heavy atom. The van der Waals surface area contributed by atoms with Gasteiger partial charge in [-0.3, -0.25) is 14.4 Å². The van der Waals surface area contributed by atoms with Crippen LogP contribution >= 0.6 is 0 Å². The van der Waals surface area contributed by atoms with E-state index in [1.54, 1.807) is 39.8 Å². The number of nitrogens with zero attached hydrogens (tertiary/aromatic N) is 1. The molecule has 0 spiro atoms. The number of methoxy groups -OCH3 is 1. The first kappa shape index (κ1) is 47.5. The highest BCUT2D eigenvalue weighted by Gasteiger charge is 2.50. The monoisotopic (exact) mass is 840 g/mol. The molecule has 0 aromatic heterocycles. The van der Waals surface area contributed by atoms with Crippen LogP contribution < -0.4 is 10.1 Å². The van der Waals surface area contributed by atoms with Gasteiger partial charge >= 0.3 is 11.8 Å². The van der Waals surface area contributed by atoms with Gasteiger partial charge in [-0.25, -0.2) is 0 Å². The van der Waals surface area contributed by atoms with Crippen molar-refractivity contribution in [2.45, 2.75) is 105 Å². The molecule has 60 heavy (non-hydrogen) atoms. The van der Waals surface area contributed by atoms with Crippen LogP contribution in [0.3, 0.4) is 0 Å². The third-order valence-corrected chi connectivity index (χ3v) is 11.3. The van der Waals surface area contributed by atoms with E-state index in [2.05, 4.69) is 10.5 Å². The van der Waals surface area contributed by atoms with Gasteiger partial charge in [-0.2, -0.15) is 0 Å². The van der Waals surface area contributed by atoms with E-state index < -0.39 is 88.8 Å². The lowest BCUT2D eigenvalue weighted by atomic mass is 9.78. The third kappa shape index (κ3) is 10.1. The van der Waals surface area contributed by atoms with Crippen molar-refractivity contribution in [2.24, 2.45) is 28.8 Å². The predicted molar refractivity (Wildman–Crippen MR) is 223 cm³/mol. The molecule has 0 aliphatic carbocycles. The fourth-order valence-electron chi connectivity index (χ4n) is 7.46. The van der Waals surface area contributed by atoms with Crippen molar-refractivity contribution in [3.05, 3.63) is 52.8 Å². The van der Waals surface area contributed by atoms with Gasteiger partial charge in [0.15, 0.2) is 5.75 Å². The lowest BCUT2D eigenvalue weighted by Crippen LogP contribution is -2.46. The summed E-state index contributed by atoms with van der Waals surface area (Å²) in [4.78, 5) is 45.7. The molecule has 16 heteroatoms. The van der Waals surface area contributed by atoms with Gasteiger partial charge in [-0.1, -0.05) is 64.4 Å². The Bertz CT molecular complexity index is 2030. The molecular weight excluding hydrogens is 780 g/mol. The number of fused-ring (bicyclic) bond motifs is 14. The highest BCUT2D eigenvalue weighted by Crippen LogP contribution is 2.55. The zero-order chi connectivity index (χ0) is 44.6. The number of carbonyl (C=O) groups excluding carboxylic acids is 3. The Balaban J connectivity index is 1.92. The van der Waals surface area contributed by atoms with Crippen molar-refractivity contribution in [2.75, 3.05) is 32.2 Å². The Morgan fingerprint density at radius 2 is 1.65 bits per heavy atom. The van der Waals surface area contributed by atoms with Crippen molar-refractivity contribution in [1.82, 2.24) is 0 Å². The van der Waals surface area contributed by atoms with Crippen LogP contribution in [0.4, 0.5) is 5.69 Å². The number of benzene rings is 2. The van der Waals surface area contributed by atoms with Crippen molar-refractivity contribution < 1.29 is 68.4 Å². The second-order valence-electron chi connectivity index (χ2n) is 15.7. The number of ketones is 1. The van der Waals surface area contributed by atoms with Crippen LogP contribution in [-0.4, -0.2) is 107 Å². The maximum absolute atomic E-state index is 14.4. The van der Waals surface area contributed by atoms with Crippen molar-refractivity contribution >= 4 is 40.3 Å². The van der Waals surface area contributed by atoms with Gasteiger partial charge in [0.2, 0.25) is 0 Å². The third-order valence-electron chi connectivity index (χ3n) is 11.3. The number of carbonyl (C=O) groups is 3. The minimum absolute atomic E-state index is 0.0272. The Hall–Kier alpha value is -5.16. The molecule has 0 saturated heterocycles. The Morgan fingerprint density at radius 1 is 0.950 bits per heavy atom. The van der Waals surface area contributed by atoms with Gasteiger partial charge in [0.1, 0.15) is 30.0 Å². The number of unbranched alkanes of at least 4 members (excludes halogenated alkanes) is 1. The molecule has 5 bridgehead atoms. The van der Waals surface area contributed by atoms with Gasteiger partial charge in [-0.15, -0.1) is 0 Å². The zero-order valence-corrected chi connectivity index (χ0v) is 36.0. The predicted octanol–water partition coefficient (Wildman–Crippen LogP) is 5.92. The maximum Gasteiger partial charge on any atom is 0.312 e. The number of aromatic hydroxyl groups is 3. The SMILES string of the molecule is CCCCOCCO/N=C/c1c2c(O)c3c(O)c(C)c4c(c3c1O)C(=O)[C@@](C)(O/C=C/[C@H](OC)[C@@H](C)[C@@H](OC(C)=O)[C@H](C)[C@H](O)[C@H](C)[C@@H](O)[C@@H](C)/C=C/C=C(\C)C(=O)N2)O4. The molecule has 3 aliphatic rings. The van der Waals surface area contributed by atoms with Gasteiger partial charge in [0.05, 0.1) is 59.6 Å². The number of rotatable bonds is 10. The second-order valence-corrected chi connectivity index (χ2v) is 15.7. The van der Waals surface area contributed by atoms with E-state index in [1.807, 2.05) is 6.92 Å². The molecule has 0 fully saturated rings. The van der Waals surface area contributed by atoms with Crippen LogP contribution in [0.15, 0.2) is 41.3 Å². The topological polar surface area (TPSA) is 232 Å². The quantitative estimate of drug-likeness (QED) is 0.0407. The van der Waals surface area contributed by atoms with Crippen molar-refractivity contribution in [3.63, 3.8) is 0 Å². The highest BCUT2D eigenvalue weighted by atomic mass is 16.7. The molecule has 2 aromatic rings. The van der Waals surface area contributed by atoms with Gasteiger partial charge < -0.3 is 59.4 Å². The molecular formula is C44H60N2O14. The Labute approximate surface area is 350 Å². The molecule has 5 rings (SSSR count). The summed E-state index contributed by atoms with van der Waals surface area (Å²) in [6.07, 6.45) is 6.29. The number of anilines is 1. The largest absolute Gasteiger partial charge is 0.507 e. The van der Waals surface area contributed by atoms with Crippen LogP contribution in [0.25, 0.3) is 10.8 Å². The van der Waals surface area contributed by atoms with Gasteiger partial charge in [0.25, 0.3) is 11.7 Å². The minimum Gasteiger partial charge on any atom is -0.507 e. The second kappa shape index (κ2) is 20.4. The number of phenols is 3. The molecule has 0 radical (unpaired) electrons. The van der Waals surface area contributed by atoms with Crippen LogP contribution in [0, 0.1) is 30.6 Å². The number of esters is 1. The number of hydrogen-bond acceptors (Lipinski definition) is 15. The van der Waals surface area contributed by atoms with E-state index in [-0.39, 0.29) is 57.7 Å². The summed E-state index contributed by atoms with van der Waals surface area (Å²) in [5.74, 6) is -8.73. The van der Waals surface area contributed by atoms with Crippen LogP contribution in [0.5, 0.6) is 23.0 Å². The van der Waals surface area contributed by atoms with E-state index in [0.717, 1.165) is 19.1 Å². The molecule has 1 amide bonds. The lowest BCUT2D eigenvalue weighted by molar-refractivity contribution is -0.160. The van der Waals surface area contributed by atoms with E-state index >= 15 is 0 Å². The fraction of sp³-hybridized carbons (Fsp3) is 0.545. The Kier molecular flexibility index (Phi) is 16.2. The fourth-order valence-corrected chi connectivity index (χ4v) is 7.46. The molecule has 6 N–H and O–H groups in total. The number of Topliss-reactive ketones (excluding diaryl/α,β-unsaturated/α-hetero) is 1. The molecule has 3 aliphatic heterocycles. The number of hydrogen-bond donors (Lipinski definition) is 6. The molecule has 3 heterocycles. The molecule has 330 valence electrons. The number of oxime groups is 1. The lowest BCUT2D eigenvalue weighted by Gasteiger charge is -2.38. The summed E-state index contributed by atoms with van der Waals surface area (Å²) in [5, 5.41) is 64.0. The molecule has 2 aromatic carbocycles. The number of allylic oxidation sites excluding steroid dienone is 2.